The van der Waals surface area contributed by atoms with E-state index in [0.29, 0.717) is 0 Å². The first-order valence-corrected chi connectivity index (χ1v) is 8.21. The van der Waals surface area contributed by atoms with Crippen LogP contribution in [-0.4, -0.2) is 29.9 Å². The summed E-state index contributed by atoms with van der Waals surface area (Å²) in [5.41, 5.74) is 1.23. The topological polar surface area (TPSA) is 32.3 Å². The SMILES string of the molecule is CCC(NC(C)C(=O)N1CCCC1)c1ccc(Br)cc1. The van der Waals surface area contributed by atoms with E-state index >= 15 is 0 Å². The van der Waals surface area contributed by atoms with Gasteiger partial charge < -0.3 is 4.90 Å². The lowest BCUT2D eigenvalue weighted by molar-refractivity contribution is -0.132. The smallest absolute Gasteiger partial charge is 0.239 e. The summed E-state index contributed by atoms with van der Waals surface area (Å²) in [6, 6.07) is 8.42. The highest BCUT2D eigenvalue weighted by Gasteiger charge is 2.24. The van der Waals surface area contributed by atoms with Crippen molar-refractivity contribution in [2.75, 3.05) is 13.1 Å². The number of halogens is 1. The van der Waals surface area contributed by atoms with Crippen molar-refractivity contribution in [1.29, 1.82) is 0 Å². The van der Waals surface area contributed by atoms with Crippen LogP contribution in [0.3, 0.4) is 0 Å². The molecule has 0 aliphatic carbocycles. The third kappa shape index (κ3) is 3.83. The van der Waals surface area contributed by atoms with Crippen LogP contribution < -0.4 is 5.32 Å². The van der Waals surface area contributed by atoms with Gasteiger partial charge in [-0.25, -0.2) is 0 Å². The van der Waals surface area contributed by atoms with E-state index in [0.717, 1.165) is 36.8 Å². The summed E-state index contributed by atoms with van der Waals surface area (Å²) < 4.78 is 1.08. The fraction of sp³-hybridized carbons (Fsp3) is 0.562. The first-order chi connectivity index (χ1) is 9.61. The number of rotatable bonds is 5. The first-order valence-electron chi connectivity index (χ1n) is 7.42. The monoisotopic (exact) mass is 338 g/mol. The third-order valence-corrected chi connectivity index (χ3v) is 4.45. The van der Waals surface area contributed by atoms with Gasteiger partial charge in [0, 0.05) is 23.6 Å². The average Bonchev–Trinajstić information content (AvgIpc) is 2.99. The van der Waals surface area contributed by atoms with Gasteiger partial charge in [-0.05, 0) is 43.9 Å². The molecule has 0 aromatic heterocycles. The molecule has 1 N–H and O–H groups in total. The molecule has 0 saturated carbocycles. The Labute approximate surface area is 129 Å². The van der Waals surface area contributed by atoms with E-state index < -0.39 is 0 Å². The van der Waals surface area contributed by atoms with Gasteiger partial charge in [-0.1, -0.05) is 35.0 Å². The molecule has 1 saturated heterocycles. The molecule has 0 radical (unpaired) electrons. The maximum atomic E-state index is 12.3. The molecule has 1 aromatic rings. The minimum absolute atomic E-state index is 0.123. The van der Waals surface area contributed by atoms with E-state index in [4.69, 9.17) is 0 Å². The summed E-state index contributed by atoms with van der Waals surface area (Å²) in [7, 11) is 0. The summed E-state index contributed by atoms with van der Waals surface area (Å²) >= 11 is 3.45. The molecule has 0 spiro atoms. The standard InChI is InChI=1S/C16H23BrN2O/c1-3-15(13-6-8-14(17)9-7-13)18-12(2)16(20)19-10-4-5-11-19/h6-9,12,15,18H,3-5,10-11H2,1-2H3. The number of hydrogen-bond acceptors (Lipinski definition) is 2. The molecule has 2 atom stereocenters. The van der Waals surface area contributed by atoms with Crippen LogP contribution in [0.5, 0.6) is 0 Å². The van der Waals surface area contributed by atoms with Crippen LogP contribution in [0.1, 0.15) is 44.7 Å². The molecule has 3 nitrogen and oxygen atoms in total. The van der Waals surface area contributed by atoms with E-state index in [1.807, 2.05) is 24.0 Å². The molecule has 2 rings (SSSR count). The van der Waals surface area contributed by atoms with Crippen LogP contribution in [0.2, 0.25) is 0 Å². The fourth-order valence-corrected chi connectivity index (χ4v) is 2.99. The maximum Gasteiger partial charge on any atom is 0.239 e. The number of carbonyl (C=O) groups is 1. The lowest BCUT2D eigenvalue weighted by Gasteiger charge is -2.26. The first kappa shape index (κ1) is 15.5. The van der Waals surface area contributed by atoms with Crippen LogP contribution in [0.15, 0.2) is 28.7 Å². The predicted molar refractivity (Wildman–Crippen MR) is 85.6 cm³/mol. The molecule has 1 heterocycles. The van der Waals surface area contributed by atoms with Crippen LogP contribution in [-0.2, 0) is 4.79 Å². The van der Waals surface area contributed by atoms with E-state index in [1.54, 1.807) is 0 Å². The predicted octanol–water partition coefficient (Wildman–Crippen LogP) is 3.50. The molecule has 1 aromatic carbocycles. The molecule has 4 heteroatoms. The number of likely N-dealkylation sites (tertiary alicyclic amines) is 1. The minimum Gasteiger partial charge on any atom is -0.341 e. The summed E-state index contributed by atoms with van der Waals surface area (Å²) in [4.78, 5) is 14.3. The summed E-state index contributed by atoms with van der Waals surface area (Å²) in [6.07, 6.45) is 3.25. The molecule has 1 amide bonds. The largest absolute Gasteiger partial charge is 0.341 e. The lowest BCUT2D eigenvalue weighted by atomic mass is 10.0. The highest BCUT2D eigenvalue weighted by Crippen LogP contribution is 2.20. The molecule has 2 unspecified atom stereocenters. The zero-order valence-corrected chi connectivity index (χ0v) is 13.8. The molecular weight excluding hydrogens is 316 g/mol. The van der Waals surface area contributed by atoms with E-state index in [2.05, 4.69) is 40.3 Å². The Balaban J connectivity index is 1.98. The van der Waals surface area contributed by atoms with Crippen molar-refractivity contribution in [3.05, 3.63) is 34.3 Å². The Morgan fingerprint density at radius 1 is 1.30 bits per heavy atom. The highest BCUT2D eigenvalue weighted by atomic mass is 79.9. The second kappa shape index (κ2) is 7.23. The Morgan fingerprint density at radius 3 is 2.45 bits per heavy atom. The van der Waals surface area contributed by atoms with Gasteiger partial charge >= 0.3 is 0 Å². The van der Waals surface area contributed by atoms with E-state index in [-0.39, 0.29) is 18.0 Å². The number of amides is 1. The van der Waals surface area contributed by atoms with Crippen LogP contribution in [0.25, 0.3) is 0 Å². The Hall–Kier alpha value is -0.870. The number of nitrogens with zero attached hydrogens (tertiary/aromatic N) is 1. The van der Waals surface area contributed by atoms with Gasteiger partial charge in [0.15, 0.2) is 0 Å². The van der Waals surface area contributed by atoms with Crippen molar-refractivity contribution < 1.29 is 4.79 Å². The van der Waals surface area contributed by atoms with Crippen molar-refractivity contribution in [1.82, 2.24) is 10.2 Å². The zero-order valence-electron chi connectivity index (χ0n) is 12.2. The Bertz CT molecular complexity index is 440. The summed E-state index contributed by atoms with van der Waals surface area (Å²) in [5.74, 6) is 0.234. The quantitative estimate of drug-likeness (QED) is 0.891. The fourth-order valence-electron chi connectivity index (χ4n) is 2.73. The van der Waals surface area contributed by atoms with Crippen molar-refractivity contribution in [3.8, 4) is 0 Å². The van der Waals surface area contributed by atoms with Gasteiger partial charge in [-0.2, -0.15) is 0 Å². The van der Waals surface area contributed by atoms with E-state index in [1.165, 1.54) is 5.56 Å². The highest BCUT2D eigenvalue weighted by molar-refractivity contribution is 9.10. The third-order valence-electron chi connectivity index (χ3n) is 3.92. The molecular formula is C16H23BrN2O. The number of benzene rings is 1. The molecule has 1 aliphatic rings. The normalized spacial score (nSPS) is 18.1. The second-order valence-corrected chi connectivity index (χ2v) is 6.35. The maximum absolute atomic E-state index is 12.3. The summed E-state index contributed by atoms with van der Waals surface area (Å²) in [6.45, 7) is 5.95. The molecule has 0 bridgehead atoms. The van der Waals surface area contributed by atoms with Crippen molar-refractivity contribution in [2.24, 2.45) is 0 Å². The van der Waals surface area contributed by atoms with Crippen LogP contribution in [0, 0.1) is 0 Å². The average molecular weight is 339 g/mol. The van der Waals surface area contributed by atoms with Gasteiger partial charge in [0.25, 0.3) is 0 Å². The summed E-state index contributed by atoms with van der Waals surface area (Å²) in [5, 5.41) is 3.47. The lowest BCUT2D eigenvalue weighted by Crippen LogP contribution is -2.44. The van der Waals surface area contributed by atoms with Gasteiger partial charge in [0.1, 0.15) is 0 Å². The Morgan fingerprint density at radius 2 is 1.90 bits per heavy atom. The zero-order chi connectivity index (χ0) is 14.5. The number of carbonyl (C=O) groups excluding carboxylic acids is 1. The van der Waals surface area contributed by atoms with Crippen LogP contribution in [0.4, 0.5) is 0 Å². The van der Waals surface area contributed by atoms with Gasteiger partial charge in [0.2, 0.25) is 5.91 Å². The van der Waals surface area contributed by atoms with Crippen molar-refractivity contribution in [2.45, 2.75) is 45.2 Å². The molecule has 110 valence electrons. The van der Waals surface area contributed by atoms with Crippen LogP contribution >= 0.6 is 15.9 Å². The van der Waals surface area contributed by atoms with Gasteiger partial charge in [0.05, 0.1) is 6.04 Å². The van der Waals surface area contributed by atoms with Gasteiger partial charge in [-0.15, -0.1) is 0 Å². The van der Waals surface area contributed by atoms with Gasteiger partial charge in [-0.3, -0.25) is 10.1 Å². The number of hydrogen-bond donors (Lipinski definition) is 1. The number of nitrogens with one attached hydrogen (secondary N) is 1. The molecule has 20 heavy (non-hydrogen) atoms. The van der Waals surface area contributed by atoms with Crippen molar-refractivity contribution in [3.63, 3.8) is 0 Å². The molecule has 1 aliphatic heterocycles. The minimum atomic E-state index is -0.123. The molecule has 1 fully saturated rings. The Kier molecular flexibility index (Phi) is 5.61. The second-order valence-electron chi connectivity index (χ2n) is 5.43. The van der Waals surface area contributed by atoms with Crippen molar-refractivity contribution >= 4 is 21.8 Å². The van der Waals surface area contributed by atoms with E-state index in [9.17, 15) is 4.79 Å².